The van der Waals surface area contributed by atoms with Crippen LogP contribution in [0.5, 0.6) is 11.5 Å². The Balaban J connectivity index is 1.72. The fraction of sp³-hybridized carbons (Fsp3) is 0.357. The first-order chi connectivity index (χ1) is 28.7. The third kappa shape index (κ3) is 9.29. The van der Waals surface area contributed by atoms with E-state index in [-0.39, 0.29) is 21.7 Å². The van der Waals surface area contributed by atoms with Crippen LogP contribution in [0.3, 0.4) is 0 Å². The van der Waals surface area contributed by atoms with Crippen LogP contribution in [-0.2, 0) is 34.0 Å². The molecule has 6 rings (SSSR count). The predicted octanol–water partition coefficient (Wildman–Crippen LogP) is 15.0. The molecule has 2 N–H and O–H groups in total. The molecule has 0 aliphatic heterocycles. The molecule has 330 valence electrons. The van der Waals surface area contributed by atoms with E-state index in [0.29, 0.717) is 11.5 Å². The van der Waals surface area contributed by atoms with Crippen LogP contribution < -0.4 is 21.2 Å². The van der Waals surface area contributed by atoms with E-state index in [1.807, 2.05) is 0 Å². The topological polar surface area (TPSA) is 40.5 Å². The quantitative estimate of drug-likeness (QED) is 0.127. The minimum absolute atomic E-state index is 0.271. The van der Waals surface area contributed by atoms with Gasteiger partial charge in [-0.05, 0) is 0 Å². The fourth-order valence-electron chi connectivity index (χ4n) is 9.45. The zero-order chi connectivity index (χ0) is 45.6. The molecule has 0 aromatic heterocycles. The molecular formula is C56H70Br2O2P2. The summed E-state index contributed by atoms with van der Waals surface area (Å²) in [6.45, 7) is 26.4. The molecule has 0 saturated carbocycles. The van der Waals surface area contributed by atoms with Crippen molar-refractivity contribution in [3.8, 4) is 11.5 Å². The van der Waals surface area contributed by atoms with Gasteiger partial charge in [0.1, 0.15) is 0 Å². The molecule has 6 aromatic rings. The summed E-state index contributed by atoms with van der Waals surface area (Å²) in [5.74, 6) is 0.805. The van der Waals surface area contributed by atoms with Crippen LogP contribution in [0.1, 0.15) is 116 Å². The van der Waals surface area contributed by atoms with Gasteiger partial charge in [0.25, 0.3) is 0 Å². The summed E-state index contributed by atoms with van der Waals surface area (Å²) in [6.07, 6.45) is 3.21. The van der Waals surface area contributed by atoms with Gasteiger partial charge >= 0.3 is 393 Å². The van der Waals surface area contributed by atoms with Crippen LogP contribution in [0.2, 0.25) is 0 Å². The van der Waals surface area contributed by atoms with Gasteiger partial charge in [-0.2, -0.15) is 0 Å². The van der Waals surface area contributed by atoms with Gasteiger partial charge in [-0.15, -0.1) is 0 Å². The van der Waals surface area contributed by atoms with E-state index in [1.165, 1.54) is 32.3 Å². The van der Waals surface area contributed by atoms with E-state index in [0.717, 1.165) is 46.9 Å². The van der Waals surface area contributed by atoms with E-state index in [4.69, 9.17) is 31.0 Å². The SMILES string of the molecule is CC(C)(C)c1cc(CP(Br)(CCP(Br)(Cc2cc(C(C)(C)C)c(O)c(C(C)(C)C)c2)(c2ccccc2)c2ccccc2)(c2ccccc2)c2ccccc2)cc(C(C)(C)C)c1O. The summed E-state index contributed by atoms with van der Waals surface area (Å²) in [4.78, 5) is 0. The van der Waals surface area contributed by atoms with Crippen LogP contribution in [0.4, 0.5) is 0 Å². The molecule has 2 nitrogen and oxygen atoms in total. The molecule has 0 amide bonds. The van der Waals surface area contributed by atoms with Gasteiger partial charge in [0.15, 0.2) is 0 Å². The third-order valence-corrected chi connectivity index (χ3v) is 32.2. The average Bonchev–Trinajstić information content (AvgIpc) is 3.21. The molecular weight excluding hydrogens is 926 g/mol. The Hall–Kier alpha value is -3.26. The van der Waals surface area contributed by atoms with Crippen molar-refractivity contribution >= 4 is 62.8 Å². The first-order valence-corrected chi connectivity index (χ1v) is 31.4. The van der Waals surface area contributed by atoms with Crippen molar-refractivity contribution in [2.24, 2.45) is 0 Å². The maximum absolute atomic E-state index is 12.0. The number of phenols is 2. The molecule has 0 saturated heterocycles. The Morgan fingerprint density at radius 2 is 0.548 bits per heavy atom. The number of aromatic hydroxyl groups is 2. The number of rotatable bonds is 11. The summed E-state index contributed by atoms with van der Waals surface area (Å²) < 4.78 is 0. The summed E-state index contributed by atoms with van der Waals surface area (Å²) in [5, 5.41) is 22.2. The first-order valence-electron chi connectivity index (χ1n) is 22.1. The number of hydrogen-bond donors (Lipinski definition) is 2. The van der Waals surface area contributed by atoms with Crippen molar-refractivity contribution in [1.29, 1.82) is 0 Å². The zero-order valence-corrected chi connectivity index (χ0v) is 44.2. The molecule has 0 aliphatic carbocycles. The molecule has 6 heteroatoms. The monoisotopic (exact) mass is 994 g/mol. The van der Waals surface area contributed by atoms with Crippen LogP contribution in [0, 0.1) is 0 Å². The van der Waals surface area contributed by atoms with E-state index >= 15 is 0 Å². The average molecular weight is 997 g/mol. The van der Waals surface area contributed by atoms with Gasteiger partial charge in [0.05, 0.1) is 0 Å². The zero-order valence-electron chi connectivity index (χ0n) is 39.2. The van der Waals surface area contributed by atoms with Crippen LogP contribution in [-0.4, -0.2) is 22.5 Å². The molecule has 6 aromatic carbocycles. The first kappa shape index (κ1) is 48.2. The molecule has 0 fully saturated rings. The van der Waals surface area contributed by atoms with Crippen molar-refractivity contribution in [2.45, 2.75) is 117 Å². The molecule has 0 spiro atoms. The molecule has 0 bridgehead atoms. The predicted molar refractivity (Wildman–Crippen MR) is 284 cm³/mol. The third-order valence-electron chi connectivity index (χ3n) is 13.0. The van der Waals surface area contributed by atoms with E-state index in [9.17, 15) is 10.2 Å². The van der Waals surface area contributed by atoms with E-state index in [2.05, 4.69) is 229 Å². The summed E-state index contributed by atoms with van der Waals surface area (Å²) in [6, 6.07) is 54.0. The fourth-order valence-corrected chi connectivity index (χ4v) is 28.2. The van der Waals surface area contributed by atoms with Crippen LogP contribution in [0.25, 0.3) is 0 Å². The van der Waals surface area contributed by atoms with Crippen molar-refractivity contribution in [1.82, 2.24) is 0 Å². The van der Waals surface area contributed by atoms with Gasteiger partial charge < -0.3 is 0 Å². The minimum atomic E-state index is -3.45. The molecule has 0 aliphatic rings. The Morgan fingerprint density at radius 3 is 0.726 bits per heavy atom. The Labute approximate surface area is 390 Å². The number of hydrogen-bond acceptors (Lipinski definition) is 2. The summed E-state index contributed by atoms with van der Waals surface area (Å²) >= 11 is 9.88. The van der Waals surface area contributed by atoms with E-state index < -0.39 is 10.6 Å². The maximum atomic E-state index is 12.0. The Kier molecular flexibility index (Phi) is 13.2. The van der Waals surface area contributed by atoms with Crippen LogP contribution in [0.15, 0.2) is 146 Å². The summed E-state index contributed by atoms with van der Waals surface area (Å²) in [5.41, 5.74) is 5.26. The number of halogens is 2. The second-order valence-electron chi connectivity index (χ2n) is 21.9. The van der Waals surface area contributed by atoms with E-state index in [1.54, 1.807) is 0 Å². The van der Waals surface area contributed by atoms with Crippen molar-refractivity contribution in [3.63, 3.8) is 0 Å². The van der Waals surface area contributed by atoms with Crippen LogP contribution >= 0.6 is 41.6 Å². The Bertz CT molecular complexity index is 2180. The normalized spacial score (nSPS) is 14.4. The standard InChI is InChI=1S/C56H70Br2O2P2/c1-53(2,3)47-35-41(36-48(51(47)59)54(4,5)6)39-61(57,43-25-17-13-18-26-43,44-27-19-14-20-28-44)33-34-62(58,45-29-21-15-22-30-45,46-31-23-16-24-32-46)40-42-37-49(55(7,8)9)52(60)50(38-42)56(10,11)12/h13-32,35-38,59-60H,33-34,39-40H2,1-12H3. The molecule has 0 unspecified atom stereocenters. The van der Waals surface area contributed by atoms with Gasteiger partial charge in [-0.3, -0.25) is 0 Å². The van der Waals surface area contributed by atoms with Crippen molar-refractivity contribution in [2.75, 3.05) is 12.3 Å². The van der Waals surface area contributed by atoms with Crippen molar-refractivity contribution < 1.29 is 10.2 Å². The molecule has 0 atom stereocenters. The second kappa shape index (κ2) is 16.9. The second-order valence-corrected chi connectivity index (χ2v) is 41.3. The molecule has 0 radical (unpaired) electrons. The molecule has 62 heavy (non-hydrogen) atoms. The van der Waals surface area contributed by atoms with Gasteiger partial charge in [-0.25, -0.2) is 0 Å². The van der Waals surface area contributed by atoms with Gasteiger partial charge in [-0.1, -0.05) is 0 Å². The van der Waals surface area contributed by atoms with Gasteiger partial charge in [0, 0.05) is 0 Å². The number of benzene rings is 6. The Morgan fingerprint density at radius 1 is 0.355 bits per heavy atom. The van der Waals surface area contributed by atoms with Crippen molar-refractivity contribution in [3.05, 3.63) is 179 Å². The molecule has 0 heterocycles. The number of phenolic OH excluding ortho intramolecular Hbond substituents is 2. The summed E-state index contributed by atoms with van der Waals surface area (Å²) in [7, 11) is 0. The van der Waals surface area contributed by atoms with Gasteiger partial charge in [0.2, 0.25) is 0 Å².